The SMILES string of the molecule is O=C(NC1CCCC1)c1cn2cc(-c3ccccc3F)ccc2n1. The van der Waals surface area contributed by atoms with Gasteiger partial charge in [-0.25, -0.2) is 9.37 Å². The standard InChI is InChI=1S/C19H18FN3O/c20-16-8-4-3-7-15(16)13-9-10-18-22-17(12-23(18)11-13)19(24)21-14-5-1-2-6-14/h3-4,7-12,14H,1-2,5-6H2,(H,21,24). The van der Waals surface area contributed by atoms with E-state index in [4.69, 9.17) is 0 Å². The summed E-state index contributed by atoms with van der Waals surface area (Å²) in [7, 11) is 0. The van der Waals surface area contributed by atoms with Crippen molar-refractivity contribution >= 4 is 11.6 Å². The molecule has 4 rings (SSSR count). The van der Waals surface area contributed by atoms with E-state index in [1.54, 1.807) is 41.1 Å². The monoisotopic (exact) mass is 323 g/mol. The lowest BCUT2D eigenvalue weighted by Gasteiger charge is -2.09. The van der Waals surface area contributed by atoms with E-state index in [0.717, 1.165) is 18.4 Å². The van der Waals surface area contributed by atoms with Gasteiger partial charge in [0.2, 0.25) is 0 Å². The minimum Gasteiger partial charge on any atom is -0.348 e. The number of nitrogens with one attached hydrogen (secondary N) is 1. The van der Waals surface area contributed by atoms with E-state index in [9.17, 15) is 9.18 Å². The molecule has 1 amide bonds. The molecule has 2 aromatic heterocycles. The zero-order valence-corrected chi connectivity index (χ0v) is 13.2. The maximum Gasteiger partial charge on any atom is 0.271 e. The number of carbonyl (C=O) groups excluding carboxylic acids is 1. The summed E-state index contributed by atoms with van der Waals surface area (Å²) in [5, 5.41) is 3.04. The van der Waals surface area contributed by atoms with Crippen molar-refractivity contribution in [2.75, 3.05) is 0 Å². The van der Waals surface area contributed by atoms with E-state index >= 15 is 0 Å². The summed E-state index contributed by atoms with van der Waals surface area (Å²) in [6.45, 7) is 0. The van der Waals surface area contributed by atoms with Gasteiger partial charge in [0.15, 0.2) is 0 Å². The smallest absolute Gasteiger partial charge is 0.271 e. The molecule has 0 atom stereocenters. The minimum absolute atomic E-state index is 0.141. The first-order valence-corrected chi connectivity index (χ1v) is 8.25. The Morgan fingerprint density at radius 1 is 1.12 bits per heavy atom. The summed E-state index contributed by atoms with van der Waals surface area (Å²) in [4.78, 5) is 16.7. The number of benzene rings is 1. The van der Waals surface area contributed by atoms with Crippen molar-refractivity contribution < 1.29 is 9.18 Å². The summed E-state index contributed by atoms with van der Waals surface area (Å²) >= 11 is 0. The van der Waals surface area contributed by atoms with E-state index in [1.165, 1.54) is 18.9 Å². The van der Waals surface area contributed by atoms with Crippen LogP contribution in [0.25, 0.3) is 16.8 Å². The Balaban J connectivity index is 1.63. The molecular weight excluding hydrogens is 305 g/mol. The van der Waals surface area contributed by atoms with Crippen LogP contribution in [0.4, 0.5) is 4.39 Å². The van der Waals surface area contributed by atoms with Crippen LogP contribution in [0, 0.1) is 5.82 Å². The van der Waals surface area contributed by atoms with Gasteiger partial charge in [0.25, 0.3) is 5.91 Å². The number of fused-ring (bicyclic) bond motifs is 1. The zero-order valence-electron chi connectivity index (χ0n) is 13.2. The van der Waals surface area contributed by atoms with E-state index in [-0.39, 0.29) is 17.8 Å². The summed E-state index contributed by atoms with van der Waals surface area (Å²) in [5.74, 6) is -0.408. The van der Waals surface area contributed by atoms with Crippen LogP contribution in [0.5, 0.6) is 0 Å². The average Bonchev–Trinajstić information content (AvgIpc) is 3.23. The lowest BCUT2D eigenvalue weighted by molar-refractivity contribution is 0.0933. The number of amides is 1. The second-order valence-corrected chi connectivity index (χ2v) is 6.24. The van der Waals surface area contributed by atoms with Crippen molar-refractivity contribution in [1.82, 2.24) is 14.7 Å². The lowest BCUT2D eigenvalue weighted by Crippen LogP contribution is -2.32. The zero-order chi connectivity index (χ0) is 16.5. The number of hydrogen-bond donors (Lipinski definition) is 1. The highest BCUT2D eigenvalue weighted by Crippen LogP contribution is 2.23. The minimum atomic E-state index is -0.267. The largest absolute Gasteiger partial charge is 0.348 e. The van der Waals surface area contributed by atoms with Gasteiger partial charge in [-0.1, -0.05) is 31.0 Å². The van der Waals surface area contributed by atoms with Gasteiger partial charge < -0.3 is 9.72 Å². The summed E-state index contributed by atoms with van der Waals surface area (Å²) in [5.41, 5.74) is 2.35. The Bertz CT molecular complexity index is 897. The first-order valence-electron chi connectivity index (χ1n) is 8.25. The number of carbonyl (C=O) groups is 1. The predicted molar refractivity (Wildman–Crippen MR) is 90.3 cm³/mol. The fourth-order valence-electron chi connectivity index (χ4n) is 3.29. The van der Waals surface area contributed by atoms with Gasteiger partial charge in [0, 0.05) is 29.6 Å². The van der Waals surface area contributed by atoms with Crippen LogP contribution in [0.1, 0.15) is 36.2 Å². The first-order chi connectivity index (χ1) is 11.7. The molecule has 3 aromatic rings. The lowest BCUT2D eigenvalue weighted by atomic mass is 10.1. The Morgan fingerprint density at radius 3 is 2.71 bits per heavy atom. The van der Waals surface area contributed by atoms with Crippen molar-refractivity contribution in [3.63, 3.8) is 0 Å². The number of hydrogen-bond acceptors (Lipinski definition) is 2. The third-order valence-electron chi connectivity index (χ3n) is 4.56. The van der Waals surface area contributed by atoms with Crippen LogP contribution in [0.3, 0.4) is 0 Å². The van der Waals surface area contributed by atoms with E-state index in [2.05, 4.69) is 10.3 Å². The molecule has 1 aromatic carbocycles. The second kappa shape index (κ2) is 6.07. The Morgan fingerprint density at radius 2 is 1.92 bits per heavy atom. The van der Waals surface area contributed by atoms with Crippen molar-refractivity contribution in [2.45, 2.75) is 31.7 Å². The molecule has 24 heavy (non-hydrogen) atoms. The first kappa shape index (κ1) is 14.9. The average molecular weight is 323 g/mol. The van der Waals surface area contributed by atoms with Crippen molar-refractivity contribution in [3.8, 4) is 11.1 Å². The molecular formula is C19H18FN3O. The molecule has 5 heteroatoms. The van der Waals surface area contributed by atoms with Crippen LogP contribution in [-0.2, 0) is 0 Å². The van der Waals surface area contributed by atoms with E-state index < -0.39 is 0 Å². The number of halogens is 1. The molecule has 1 aliphatic carbocycles. The number of nitrogens with zero attached hydrogens (tertiary/aromatic N) is 2. The molecule has 2 heterocycles. The third kappa shape index (κ3) is 2.77. The van der Waals surface area contributed by atoms with Gasteiger partial charge in [-0.05, 0) is 31.0 Å². The number of pyridine rings is 1. The molecule has 0 bridgehead atoms. The van der Waals surface area contributed by atoms with Crippen LogP contribution in [0.15, 0.2) is 48.8 Å². The fraction of sp³-hybridized carbons (Fsp3) is 0.263. The van der Waals surface area contributed by atoms with Crippen molar-refractivity contribution in [2.24, 2.45) is 0 Å². The Kier molecular flexibility index (Phi) is 3.76. The van der Waals surface area contributed by atoms with Crippen LogP contribution >= 0.6 is 0 Å². The Labute approximate surface area is 139 Å². The van der Waals surface area contributed by atoms with Gasteiger partial charge in [0.05, 0.1) is 0 Å². The van der Waals surface area contributed by atoms with E-state index in [0.29, 0.717) is 16.9 Å². The van der Waals surface area contributed by atoms with Crippen LogP contribution < -0.4 is 5.32 Å². The molecule has 122 valence electrons. The molecule has 1 aliphatic rings. The second-order valence-electron chi connectivity index (χ2n) is 6.24. The summed E-state index contributed by atoms with van der Waals surface area (Å²) in [6.07, 6.45) is 7.91. The molecule has 0 unspecified atom stereocenters. The summed E-state index contributed by atoms with van der Waals surface area (Å²) < 4.78 is 15.7. The number of imidazole rings is 1. The maximum absolute atomic E-state index is 13.9. The van der Waals surface area contributed by atoms with Gasteiger partial charge in [-0.2, -0.15) is 0 Å². The predicted octanol–water partition coefficient (Wildman–Crippen LogP) is 3.81. The molecule has 0 radical (unpaired) electrons. The van der Waals surface area contributed by atoms with Gasteiger partial charge >= 0.3 is 0 Å². The van der Waals surface area contributed by atoms with Crippen molar-refractivity contribution in [3.05, 3.63) is 60.3 Å². The molecule has 0 aliphatic heterocycles. The highest BCUT2D eigenvalue weighted by Gasteiger charge is 2.19. The number of rotatable bonds is 3. The summed E-state index contributed by atoms with van der Waals surface area (Å²) in [6, 6.07) is 10.5. The van der Waals surface area contributed by atoms with Gasteiger partial charge in [0.1, 0.15) is 17.2 Å². The molecule has 0 saturated heterocycles. The van der Waals surface area contributed by atoms with Crippen LogP contribution in [-0.4, -0.2) is 21.3 Å². The molecule has 1 saturated carbocycles. The third-order valence-corrected chi connectivity index (χ3v) is 4.56. The highest BCUT2D eigenvalue weighted by atomic mass is 19.1. The van der Waals surface area contributed by atoms with E-state index in [1.807, 2.05) is 6.07 Å². The van der Waals surface area contributed by atoms with Gasteiger partial charge in [-0.3, -0.25) is 4.79 Å². The molecule has 1 N–H and O–H groups in total. The fourth-order valence-corrected chi connectivity index (χ4v) is 3.29. The maximum atomic E-state index is 13.9. The van der Waals surface area contributed by atoms with Crippen LogP contribution in [0.2, 0.25) is 0 Å². The quantitative estimate of drug-likeness (QED) is 0.796. The normalized spacial score (nSPS) is 15.0. The van der Waals surface area contributed by atoms with Crippen molar-refractivity contribution in [1.29, 1.82) is 0 Å². The topological polar surface area (TPSA) is 46.4 Å². The Hall–Kier alpha value is -2.69. The number of aromatic nitrogens is 2. The molecule has 1 fully saturated rings. The van der Waals surface area contributed by atoms with Gasteiger partial charge in [-0.15, -0.1) is 0 Å². The molecule has 0 spiro atoms. The highest BCUT2D eigenvalue weighted by molar-refractivity contribution is 5.93. The molecule has 4 nitrogen and oxygen atoms in total.